The van der Waals surface area contributed by atoms with E-state index in [-0.39, 0.29) is 6.85 Å². The number of aryl methyl sites for hydroxylation is 3. The molecule has 0 N–H and O–H groups in total. The largest absolute Gasteiger partial charge is 0.411 e. The van der Waals surface area contributed by atoms with Crippen LogP contribution in [-0.2, 0) is 7.05 Å². The first-order valence-corrected chi connectivity index (χ1v) is 6.79. The van der Waals surface area contributed by atoms with Gasteiger partial charge in [-0.25, -0.2) is 4.57 Å². The van der Waals surface area contributed by atoms with E-state index in [2.05, 4.69) is 29.1 Å². The van der Waals surface area contributed by atoms with Crippen LogP contribution in [0.15, 0.2) is 36.5 Å². The van der Waals surface area contributed by atoms with Crippen molar-refractivity contribution in [3.63, 3.8) is 0 Å². The van der Waals surface area contributed by atoms with Crippen LogP contribution in [0.1, 0.15) is 15.2 Å². The molecule has 2 heterocycles. The van der Waals surface area contributed by atoms with Crippen molar-refractivity contribution in [3.05, 3.63) is 58.1 Å². The van der Waals surface area contributed by atoms with Gasteiger partial charge in [0.25, 0.3) is 0 Å². The molecule has 2 aromatic rings. The van der Waals surface area contributed by atoms with Crippen LogP contribution in [0.25, 0.3) is 12.2 Å². The molecular weight excluding hydrogens is 243 g/mol. The molecular formula is C17H20BN2+. The summed E-state index contributed by atoms with van der Waals surface area (Å²) in [6.07, 6.45) is 3.87. The first-order chi connectivity index (χ1) is 10.8. The lowest BCUT2D eigenvalue weighted by molar-refractivity contribution is -0.654. The molecule has 2 nitrogen and oxygen atoms in total. The quantitative estimate of drug-likeness (QED) is 0.522. The van der Waals surface area contributed by atoms with Gasteiger partial charge in [0.15, 0.2) is 11.8 Å². The highest BCUT2D eigenvalue weighted by atomic mass is 15.0. The van der Waals surface area contributed by atoms with E-state index in [0.29, 0.717) is 5.56 Å². The number of hydrogen-bond acceptors (Lipinski definition) is 1. The van der Waals surface area contributed by atoms with Crippen molar-refractivity contribution in [1.82, 2.24) is 4.81 Å². The Morgan fingerprint density at radius 1 is 1.20 bits per heavy atom. The number of pyridine rings is 1. The van der Waals surface area contributed by atoms with Crippen molar-refractivity contribution in [2.45, 2.75) is 13.8 Å². The Morgan fingerprint density at radius 3 is 2.70 bits per heavy atom. The third-order valence-corrected chi connectivity index (χ3v) is 3.94. The summed E-state index contributed by atoms with van der Waals surface area (Å²) >= 11 is 0. The summed E-state index contributed by atoms with van der Waals surface area (Å²) in [5.41, 5.74) is 2.29. The molecule has 0 bridgehead atoms. The van der Waals surface area contributed by atoms with Gasteiger partial charge in [0.05, 0.1) is 0 Å². The summed E-state index contributed by atoms with van der Waals surface area (Å²) in [5.74, 6) is 2.22. The number of aromatic nitrogens is 1. The van der Waals surface area contributed by atoms with E-state index in [0.717, 1.165) is 11.2 Å². The zero-order valence-corrected chi connectivity index (χ0v) is 12.1. The van der Waals surface area contributed by atoms with E-state index in [4.69, 9.17) is 4.11 Å². The number of nitrogens with zero attached hydrogens (tertiary/aromatic N) is 2. The SMILES string of the molecule is [2H]C([2H])([2H])c1c[n+](C)c(B2C=c3ccccc3=CN2C)cc1C. The van der Waals surface area contributed by atoms with E-state index in [1.807, 2.05) is 43.8 Å². The Balaban J connectivity index is 2.13. The Kier molecular flexibility index (Phi) is 2.37. The summed E-state index contributed by atoms with van der Waals surface area (Å²) < 4.78 is 24.9. The highest BCUT2D eigenvalue weighted by Gasteiger charge is 2.29. The third-order valence-electron chi connectivity index (χ3n) is 3.94. The van der Waals surface area contributed by atoms with Crippen molar-refractivity contribution < 1.29 is 8.68 Å². The first-order valence-electron chi connectivity index (χ1n) is 8.29. The molecule has 0 amide bonds. The van der Waals surface area contributed by atoms with Crippen molar-refractivity contribution in [2.75, 3.05) is 7.05 Å². The van der Waals surface area contributed by atoms with Gasteiger partial charge in [0.2, 0.25) is 0 Å². The van der Waals surface area contributed by atoms with Gasteiger partial charge in [-0.15, -0.1) is 0 Å². The minimum Gasteiger partial charge on any atom is -0.411 e. The molecule has 0 radical (unpaired) electrons. The third kappa shape index (κ3) is 2.13. The molecule has 20 heavy (non-hydrogen) atoms. The Hall–Kier alpha value is -2.03. The molecule has 0 aliphatic carbocycles. The fourth-order valence-electron chi connectivity index (χ4n) is 2.73. The summed E-state index contributed by atoms with van der Waals surface area (Å²) in [5, 5.41) is 2.40. The van der Waals surface area contributed by atoms with Crippen LogP contribution in [0, 0.1) is 13.8 Å². The second kappa shape index (κ2) is 4.82. The zero-order valence-electron chi connectivity index (χ0n) is 15.1. The molecule has 0 unspecified atom stereocenters. The summed E-state index contributed by atoms with van der Waals surface area (Å²) in [7, 11) is 3.95. The molecule has 0 atom stereocenters. The molecule has 3 rings (SSSR count). The smallest absolute Gasteiger partial charge is 0.396 e. The Morgan fingerprint density at radius 2 is 1.95 bits per heavy atom. The lowest BCUT2D eigenvalue weighted by atomic mass is 9.55. The predicted molar refractivity (Wildman–Crippen MR) is 84.9 cm³/mol. The number of hydrogen-bond donors (Lipinski definition) is 0. The van der Waals surface area contributed by atoms with Crippen LogP contribution < -0.4 is 20.6 Å². The van der Waals surface area contributed by atoms with Gasteiger partial charge in [-0.2, -0.15) is 0 Å². The molecule has 1 aromatic heterocycles. The molecule has 0 saturated carbocycles. The molecule has 0 fully saturated rings. The molecule has 0 saturated heterocycles. The number of rotatable bonds is 1. The van der Waals surface area contributed by atoms with E-state index >= 15 is 0 Å². The molecule has 0 spiro atoms. The highest BCUT2D eigenvalue weighted by molar-refractivity contribution is 6.82. The standard InChI is InChI=1S/C17H20BN2/c1-13-9-17(19(3)11-14(13)2)18-10-15-7-5-6-8-16(15)12-20(18)4/h5-12H,1-4H3/q+1/i2D3. The maximum absolute atomic E-state index is 7.66. The summed E-state index contributed by atoms with van der Waals surface area (Å²) in [6, 6.07) is 10.3. The van der Waals surface area contributed by atoms with Gasteiger partial charge in [-0.1, -0.05) is 30.2 Å². The summed E-state index contributed by atoms with van der Waals surface area (Å²) in [4.78, 5) is 2.16. The molecule has 1 aliphatic heterocycles. The fourth-order valence-corrected chi connectivity index (χ4v) is 2.73. The van der Waals surface area contributed by atoms with Crippen LogP contribution >= 0.6 is 0 Å². The first kappa shape index (κ1) is 9.81. The minimum absolute atomic E-state index is 0.0826. The Bertz CT molecular complexity index is 874. The monoisotopic (exact) mass is 266 g/mol. The van der Waals surface area contributed by atoms with Gasteiger partial charge in [0.1, 0.15) is 7.05 Å². The van der Waals surface area contributed by atoms with Crippen molar-refractivity contribution >= 4 is 24.6 Å². The second-order valence-corrected chi connectivity index (χ2v) is 5.44. The van der Waals surface area contributed by atoms with Gasteiger partial charge < -0.3 is 4.81 Å². The number of fused-ring (bicyclic) bond motifs is 1. The lowest BCUT2D eigenvalue weighted by Crippen LogP contribution is -2.61. The fraction of sp³-hybridized carbons (Fsp3) is 0.235. The van der Waals surface area contributed by atoms with E-state index in [1.165, 1.54) is 10.4 Å². The van der Waals surface area contributed by atoms with Crippen LogP contribution in [0.3, 0.4) is 0 Å². The van der Waals surface area contributed by atoms with E-state index in [1.54, 1.807) is 6.20 Å². The molecule has 3 heteroatoms. The number of benzene rings is 1. The zero-order chi connectivity index (χ0) is 16.8. The maximum atomic E-state index is 7.66. The van der Waals surface area contributed by atoms with Gasteiger partial charge in [-0.3, -0.25) is 0 Å². The second-order valence-electron chi connectivity index (χ2n) is 5.44. The molecule has 1 aliphatic rings. The summed E-state index contributed by atoms with van der Waals surface area (Å²) in [6.45, 7) is -0.133. The van der Waals surface area contributed by atoms with E-state index < -0.39 is 6.85 Å². The normalized spacial score (nSPS) is 16.4. The van der Waals surface area contributed by atoms with Crippen LogP contribution in [-0.4, -0.2) is 18.7 Å². The predicted octanol–water partition coefficient (Wildman–Crippen LogP) is 0.0297. The van der Waals surface area contributed by atoms with Crippen molar-refractivity contribution in [1.29, 1.82) is 0 Å². The van der Waals surface area contributed by atoms with E-state index in [9.17, 15) is 0 Å². The van der Waals surface area contributed by atoms with Crippen molar-refractivity contribution in [2.24, 2.45) is 7.05 Å². The van der Waals surface area contributed by atoms with Gasteiger partial charge >= 0.3 is 6.85 Å². The average Bonchev–Trinajstić information content (AvgIpc) is 2.47. The van der Waals surface area contributed by atoms with Gasteiger partial charge in [0, 0.05) is 15.7 Å². The van der Waals surface area contributed by atoms with Crippen LogP contribution in [0.4, 0.5) is 0 Å². The lowest BCUT2D eigenvalue weighted by Gasteiger charge is -2.22. The molecule has 1 aromatic carbocycles. The minimum atomic E-state index is -2.08. The topological polar surface area (TPSA) is 7.12 Å². The van der Waals surface area contributed by atoms with Crippen molar-refractivity contribution in [3.8, 4) is 0 Å². The maximum Gasteiger partial charge on any atom is 0.396 e. The average molecular weight is 266 g/mol. The highest BCUT2D eigenvalue weighted by Crippen LogP contribution is 2.03. The molecule has 100 valence electrons. The Labute approximate surface area is 125 Å². The van der Waals surface area contributed by atoms with Crippen LogP contribution in [0.5, 0.6) is 0 Å². The van der Waals surface area contributed by atoms with Gasteiger partial charge in [-0.05, 0) is 43.0 Å². The van der Waals surface area contributed by atoms with Crippen LogP contribution in [0.2, 0.25) is 0 Å².